The Morgan fingerprint density at radius 1 is 1.03 bits per heavy atom. The minimum atomic E-state index is -0.290. The van der Waals surface area contributed by atoms with Crippen LogP contribution in [0.1, 0.15) is 37.5 Å². The molecule has 35 heavy (non-hydrogen) atoms. The molecule has 1 aliphatic heterocycles. The van der Waals surface area contributed by atoms with Crippen LogP contribution in [0.3, 0.4) is 0 Å². The highest BCUT2D eigenvalue weighted by atomic mass is 16.5. The Hall–Kier alpha value is -3.51. The molecule has 1 aliphatic rings. The fourth-order valence-corrected chi connectivity index (χ4v) is 4.13. The molecule has 0 unspecified atom stereocenters. The summed E-state index contributed by atoms with van der Waals surface area (Å²) in [7, 11) is 1.42. The second kappa shape index (κ2) is 12.3. The van der Waals surface area contributed by atoms with E-state index in [2.05, 4.69) is 42.2 Å². The van der Waals surface area contributed by atoms with E-state index < -0.39 is 0 Å². The minimum absolute atomic E-state index is 0.290. The fraction of sp³-hybridized carbons (Fsp3) is 0.345. The van der Waals surface area contributed by atoms with E-state index >= 15 is 0 Å². The van der Waals surface area contributed by atoms with Crippen LogP contribution in [0.5, 0.6) is 5.75 Å². The van der Waals surface area contributed by atoms with Crippen LogP contribution in [-0.4, -0.2) is 39.4 Å². The molecule has 2 aromatic carbocycles. The monoisotopic (exact) mass is 475 g/mol. The summed E-state index contributed by atoms with van der Waals surface area (Å²) in [6, 6.07) is 18.3. The second-order valence-electron chi connectivity index (χ2n) is 8.52. The van der Waals surface area contributed by atoms with Crippen molar-refractivity contribution in [2.24, 2.45) is 0 Å². The van der Waals surface area contributed by atoms with Crippen LogP contribution in [0.4, 0.5) is 5.69 Å². The molecule has 0 aliphatic carbocycles. The van der Waals surface area contributed by atoms with E-state index in [9.17, 15) is 4.79 Å². The first-order valence-electron chi connectivity index (χ1n) is 12.2. The van der Waals surface area contributed by atoms with Crippen molar-refractivity contribution < 1.29 is 23.4 Å². The highest BCUT2D eigenvalue weighted by Crippen LogP contribution is 2.34. The average Bonchev–Trinajstić information content (AvgIpc) is 3.34. The number of hydrogen-bond acceptors (Lipinski definition) is 6. The molecule has 0 amide bonds. The van der Waals surface area contributed by atoms with Crippen LogP contribution in [-0.2, 0) is 20.8 Å². The summed E-state index contributed by atoms with van der Waals surface area (Å²) in [6.45, 7) is 5.39. The molecule has 184 valence electrons. The quantitative estimate of drug-likeness (QED) is 0.246. The Morgan fingerprint density at radius 2 is 1.86 bits per heavy atom. The van der Waals surface area contributed by atoms with Gasteiger partial charge in [-0.3, -0.25) is 0 Å². The standard InChI is InChI=1S/C29H33NO5/c1-3-4-15-33-17-18-35-26-10-7-22(8-11-26)23-9-12-28-25(19-23)20-24(29(31)32-2)13-14-30(28)21-27-6-5-16-34-27/h5-12,16,19-20H,3-4,13-15,17-18,21H2,1-2H3. The zero-order valence-electron chi connectivity index (χ0n) is 20.5. The summed E-state index contributed by atoms with van der Waals surface area (Å²) in [5.74, 6) is 1.41. The van der Waals surface area contributed by atoms with Crippen LogP contribution in [0, 0.1) is 0 Å². The number of anilines is 1. The molecule has 0 spiro atoms. The van der Waals surface area contributed by atoms with Crippen LogP contribution in [0.15, 0.2) is 70.9 Å². The normalized spacial score (nSPS) is 13.1. The number of carbonyl (C=O) groups is 1. The molecule has 0 atom stereocenters. The van der Waals surface area contributed by atoms with E-state index in [1.165, 1.54) is 7.11 Å². The molecule has 0 saturated carbocycles. The molecule has 6 heteroatoms. The Bertz CT molecular complexity index is 1120. The molecule has 6 nitrogen and oxygen atoms in total. The van der Waals surface area contributed by atoms with Gasteiger partial charge in [-0.2, -0.15) is 0 Å². The summed E-state index contributed by atoms with van der Waals surface area (Å²) < 4.78 is 21.9. The minimum Gasteiger partial charge on any atom is -0.491 e. The van der Waals surface area contributed by atoms with Crippen LogP contribution in [0.25, 0.3) is 17.2 Å². The zero-order chi connectivity index (χ0) is 24.5. The van der Waals surface area contributed by atoms with E-state index in [0.717, 1.165) is 53.3 Å². The zero-order valence-corrected chi connectivity index (χ0v) is 20.5. The molecular weight excluding hydrogens is 442 g/mol. The number of furan rings is 1. The van der Waals surface area contributed by atoms with E-state index in [0.29, 0.717) is 38.3 Å². The van der Waals surface area contributed by atoms with Crippen molar-refractivity contribution in [2.75, 3.05) is 38.4 Å². The number of esters is 1. The number of ether oxygens (including phenoxy) is 3. The first-order chi connectivity index (χ1) is 17.2. The lowest BCUT2D eigenvalue weighted by Crippen LogP contribution is -2.24. The van der Waals surface area contributed by atoms with Crippen molar-refractivity contribution >= 4 is 17.7 Å². The topological polar surface area (TPSA) is 61.1 Å². The number of hydrogen-bond donors (Lipinski definition) is 0. The van der Waals surface area contributed by atoms with E-state index in [1.807, 2.05) is 30.3 Å². The highest BCUT2D eigenvalue weighted by Gasteiger charge is 2.21. The number of nitrogens with zero attached hydrogens (tertiary/aromatic N) is 1. The summed E-state index contributed by atoms with van der Waals surface area (Å²) in [5, 5.41) is 0. The van der Waals surface area contributed by atoms with Gasteiger partial charge in [0.25, 0.3) is 0 Å². The highest BCUT2D eigenvalue weighted by molar-refractivity contribution is 5.96. The van der Waals surface area contributed by atoms with Crippen molar-refractivity contribution in [2.45, 2.75) is 32.7 Å². The summed E-state index contributed by atoms with van der Waals surface area (Å²) in [5.41, 5.74) is 4.86. The molecule has 0 fully saturated rings. The molecule has 0 saturated heterocycles. The predicted octanol–water partition coefficient (Wildman–Crippen LogP) is 6.11. The Kier molecular flexibility index (Phi) is 8.63. The molecule has 4 rings (SSSR count). The Labute approximate surface area is 207 Å². The van der Waals surface area contributed by atoms with Crippen molar-refractivity contribution in [1.82, 2.24) is 0 Å². The Balaban J connectivity index is 1.51. The third-order valence-corrected chi connectivity index (χ3v) is 6.05. The van der Waals surface area contributed by atoms with Gasteiger partial charge in [-0.15, -0.1) is 0 Å². The van der Waals surface area contributed by atoms with Crippen LogP contribution >= 0.6 is 0 Å². The van der Waals surface area contributed by atoms with Crippen LogP contribution < -0.4 is 9.64 Å². The largest absolute Gasteiger partial charge is 0.491 e. The lowest BCUT2D eigenvalue weighted by Gasteiger charge is -2.24. The van der Waals surface area contributed by atoms with Crippen molar-refractivity contribution in [3.63, 3.8) is 0 Å². The third-order valence-electron chi connectivity index (χ3n) is 6.05. The summed E-state index contributed by atoms with van der Waals surface area (Å²) in [4.78, 5) is 14.6. The van der Waals surface area contributed by atoms with Gasteiger partial charge >= 0.3 is 5.97 Å². The van der Waals surface area contributed by atoms with Gasteiger partial charge in [-0.25, -0.2) is 4.79 Å². The van der Waals surface area contributed by atoms with Gasteiger partial charge in [0.1, 0.15) is 18.1 Å². The first-order valence-corrected chi connectivity index (χ1v) is 12.2. The number of methoxy groups -OCH3 is 1. The maximum Gasteiger partial charge on any atom is 0.333 e. The van der Waals surface area contributed by atoms with E-state index in [-0.39, 0.29) is 5.97 Å². The van der Waals surface area contributed by atoms with Gasteiger partial charge in [-0.1, -0.05) is 31.5 Å². The van der Waals surface area contributed by atoms with Gasteiger partial charge in [0.15, 0.2) is 0 Å². The van der Waals surface area contributed by atoms with Gasteiger partial charge in [0, 0.05) is 24.4 Å². The number of unbranched alkanes of at least 4 members (excludes halogenated alkanes) is 1. The maximum absolute atomic E-state index is 12.4. The van der Waals surface area contributed by atoms with Crippen molar-refractivity contribution in [1.29, 1.82) is 0 Å². The van der Waals surface area contributed by atoms with Crippen LogP contribution in [0.2, 0.25) is 0 Å². The summed E-state index contributed by atoms with van der Waals surface area (Å²) in [6.07, 6.45) is 6.44. The maximum atomic E-state index is 12.4. The number of fused-ring (bicyclic) bond motifs is 1. The van der Waals surface area contributed by atoms with Crippen molar-refractivity contribution in [3.8, 4) is 16.9 Å². The molecule has 0 bridgehead atoms. The molecule has 2 heterocycles. The van der Waals surface area contributed by atoms with Gasteiger partial charge in [0.05, 0.1) is 26.5 Å². The lowest BCUT2D eigenvalue weighted by molar-refractivity contribution is -0.136. The molecule has 1 aromatic heterocycles. The van der Waals surface area contributed by atoms with Gasteiger partial charge in [0.2, 0.25) is 0 Å². The average molecular weight is 476 g/mol. The molecule has 0 radical (unpaired) electrons. The molecular formula is C29H33NO5. The predicted molar refractivity (Wildman–Crippen MR) is 137 cm³/mol. The first kappa shape index (κ1) is 24.6. The number of rotatable bonds is 11. The smallest absolute Gasteiger partial charge is 0.333 e. The molecule has 3 aromatic rings. The fourth-order valence-electron chi connectivity index (χ4n) is 4.13. The van der Waals surface area contributed by atoms with E-state index in [1.54, 1.807) is 6.26 Å². The Morgan fingerprint density at radius 3 is 2.60 bits per heavy atom. The van der Waals surface area contributed by atoms with E-state index in [4.69, 9.17) is 18.6 Å². The van der Waals surface area contributed by atoms with Gasteiger partial charge in [-0.05, 0) is 72.0 Å². The lowest BCUT2D eigenvalue weighted by atomic mass is 10.00. The SMILES string of the molecule is CCCCOCCOc1ccc(-c2ccc3c(c2)C=C(C(=O)OC)CCN3Cc2ccco2)cc1. The third kappa shape index (κ3) is 6.55. The summed E-state index contributed by atoms with van der Waals surface area (Å²) >= 11 is 0. The molecule has 0 N–H and O–H groups in total. The second-order valence-corrected chi connectivity index (χ2v) is 8.52. The number of benzene rings is 2. The van der Waals surface area contributed by atoms with Crippen molar-refractivity contribution in [3.05, 3.63) is 77.8 Å². The van der Waals surface area contributed by atoms with Gasteiger partial charge < -0.3 is 23.5 Å². The number of carbonyl (C=O) groups excluding carboxylic acids is 1.